The summed E-state index contributed by atoms with van der Waals surface area (Å²) < 4.78 is 11.2. The quantitative estimate of drug-likeness (QED) is 0.343. The highest BCUT2D eigenvalue weighted by molar-refractivity contribution is 5.97. The molecule has 36 heavy (non-hydrogen) atoms. The van der Waals surface area contributed by atoms with Gasteiger partial charge in [-0.15, -0.1) is 0 Å². The lowest BCUT2D eigenvalue weighted by atomic mass is 10.1. The van der Waals surface area contributed by atoms with Gasteiger partial charge in [0.05, 0.1) is 24.6 Å². The first-order valence-electron chi connectivity index (χ1n) is 12.7. The fraction of sp³-hybridized carbons (Fsp3) is 0.429. The van der Waals surface area contributed by atoms with Crippen LogP contribution >= 0.6 is 0 Å². The lowest BCUT2D eigenvalue weighted by Gasteiger charge is -2.28. The Morgan fingerprint density at radius 2 is 1.03 bits per heavy atom. The molecule has 3 aromatic rings. The van der Waals surface area contributed by atoms with Crippen LogP contribution in [0.3, 0.4) is 0 Å². The second-order valence-electron chi connectivity index (χ2n) is 8.50. The smallest absolute Gasteiger partial charge is 0.251 e. The van der Waals surface area contributed by atoms with E-state index in [0.29, 0.717) is 24.2 Å². The van der Waals surface area contributed by atoms with E-state index in [9.17, 15) is 9.59 Å². The van der Waals surface area contributed by atoms with Gasteiger partial charge in [0.1, 0.15) is 11.5 Å². The van der Waals surface area contributed by atoms with E-state index in [-0.39, 0.29) is 23.9 Å². The molecule has 0 radical (unpaired) electrons. The molecule has 2 amide bonds. The molecule has 1 aromatic carbocycles. The molecule has 0 saturated carbocycles. The summed E-state index contributed by atoms with van der Waals surface area (Å²) in [5, 5.41) is 6.02. The Labute approximate surface area is 213 Å². The number of amides is 2. The Balaban J connectivity index is 1.59. The number of likely N-dealkylation sites (N-methyl/N-ethyl adjacent to an activating group) is 2. The maximum atomic E-state index is 12.8. The lowest BCUT2D eigenvalue weighted by Crippen LogP contribution is -2.38. The zero-order valence-corrected chi connectivity index (χ0v) is 21.7. The van der Waals surface area contributed by atoms with Gasteiger partial charge in [-0.1, -0.05) is 27.7 Å². The molecule has 3 rings (SSSR count). The van der Waals surface area contributed by atoms with Gasteiger partial charge in [0, 0.05) is 24.2 Å². The third kappa shape index (κ3) is 6.86. The standard InChI is InChI=1S/C28H38N4O4/c1-5-31(6-2)23(25-11-9-17-35-25)19-29-27(33)21-13-15-22(16-14-21)28(34)30-20-24(32(7-3)8-4)26-12-10-18-36-26/h9-18,23-24H,5-8,19-20H2,1-4H3,(H,29,33)(H,30,34). The van der Waals surface area contributed by atoms with Crippen LogP contribution in [0.2, 0.25) is 0 Å². The number of hydrogen-bond acceptors (Lipinski definition) is 6. The summed E-state index contributed by atoms with van der Waals surface area (Å²) in [7, 11) is 0. The predicted molar refractivity (Wildman–Crippen MR) is 140 cm³/mol. The average Bonchev–Trinajstić information content (AvgIpc) is 3.64. The molecule has 0 spiro atoms. The van der Waals surface area contributed by atoms with Crippen molar-refractivity contribution < 1.29 is 18.4 Å². The molecular weight excluding hydrogens is 456 g/mol. The van der Waals surface area contributed by atoms with Gasteiger partial charge in [0.25, 0.3) is 11.8 Å². The van der Waals surface area contributed by atoms with Gasteiger partial charge in [-0.25, -0.2) is 0 Å². The number of nitrogens with one attached hydrogen (secondary N) is 2. The number of hydrogen-bond donors (Lipinski definition) is 2. The number of carbonyl (C=O) groups is 2. The first-order valence-corrected chi connectivity index (χ1v) is 12.7. The van der Waals surface area contributed by atoms with Gasteiger partial charge in [-0.2, -0.15) is 0 Å². The number of furan rings is 2. The Morgan fingerprint density at radius 1 is 0.667 bits per heavy atom. The van der Waals surface area contributed by atoms with Crippen LogP contribution in [-0.4, -0.2) is 60.9 Å². The van der Waals surface area contributed by atoms with Crippen LogP contribution in [0.25, 0.3) is 0 Å². The number of nitrogens with zero attached hydrogens (tertiary/aromatic N) is 2. The Bertz CT molecular complexity index is 955. The number of benzene rings is 1. The fourth-order valence-corrected chi connectivity index (χ4v) is 4.47. The molecule has 2 N–H and O–H groups in total. The molecular formula is C28H38N4O4. The fourth-order valence-electron chi connectivity index (χ4n) is 4.47. The maximum absolute atomic E-state index is 12.8. The molecule has 2 atom stereocenters. The van der Waals surface area contributed by atoms with Crippen molar-refractivity contribution in [1.29, 1.82) is 0 Å². The second kappa shape index (κ2) is 13.7. The Morgan fingerprint density at radius 3 is 1.31 bits per heavy atom. The van der Waals surface area contributed by atoms with Gasteiger partial charge in [-0.05, 0) is 74.7 Å². The molecule has 194 valence electrons. The van der Waals surface area contributed by atoms with Gasteiger partial charge in [-0.3, -0.25) is 19.4 Å². The zero-order chi connectivity index (χ0) is 25.9. The van der Waals surface area contributed by atoms with Crippen molar-refractivity contribution in [3.05, 3.63) is 83.7 Å². The second-order valence-corrected chi connectivity index (χ2v) is 8.50. The van der Waals surface area contributed by atoms with Crippen molar-refractivity contribution in [2.45, 2.75) is 39.8 Å². The monoisotopic (exact) mass is 494 g/mol. The normalized spacial score (nSPS) is 13.1. The van der Waals surface area contributed by atoms with Crippen LogP contribution in [-0.2, 0) is 0 Å². The predicted octanol–water partition coefficient (Wildman–Crippen LogP) is 4.50. The average molecular weight is 495 g/mol. The molecule has 0 bridgehead atoms. The van der Waals surface area contributed by atoms with E-state index in [1.807, 2.05) is 24.3 Å². The molecule has 0 aliphatic carbocycles. The summed E-state index contributed by atoms with van der Waals surface area (Å²) in [6, 6.07) is 14.2. The van der Waals surface area contributed by atoms with E-state index in [4.69, 9.17) is 8.83 Å². The van der Waals surface area contributed by atoms with Crippen molar-refractivity contribution in [3.63, 3.8) is 0 Å². The van der Waals surface area contributed by atoms with Crippen molar-refractivity contribution in [2.24, 2.45) is 0 Å². The summed E-state index contributed by atoms with van der Waals surface area (Å²) in [6.45, 7) is 12.6. The summed E-state index contributed by atoms with van der Waals surface area (Å²) in [6.07, 6.45) is 3.30. The van der Waals surface area contributed by atoms with E-state index in [1.54, 1.807) is 36.8 Å². The molecule has 0 saturated heterocycles. The minimum absolute atomic E-state index is 0.0445. The van der Waals surface area contributed by atoms with Crippen LogP contribution < -0.4 is 10.6 Å². The van der Waals surface area contributed by atoms with Gasteiger partial charge < -0.3 is 19.5 Å². The van der Waals surface area contributed by atoms with E-state index >= 15 is 0 Å². The largest absolute Gasteiger partial charge is 0.468 e. The molecule has 8 nitrogen and oxygen atoms in total. The van der Waals surface area contributed by atoms with Crippen molar-refractivity contribution in [2.75, 3.05) is 39.3 Å². The van der Waals surface area contributed by atoms with Crippen molar-refractivity contribution in [3.8, 4) is 0 Å². The van der Waals surface area contributed by atoms with Gasteiger partial charge in [0.15, 0.2) is 0 Å². The van der Waals surface area contributed by atoms with Gasteiger partial charge >= 0.3 is 0 Å². The van der Waals surface area contributed by atoms with Crippen LogP contribution in [0.4, 0.5) is 0 Å². The summed E-state index contributed by atoms with van der Waals surface area (Å²) in [4.78, 5) is 30.1. The molecule has 8 heteroatoms. The Kier molecular flexibility index (Phi) is 10.3. The highest BCUT2D eigenvalue weighted by atomic mass is 16.3. The van der Waals surface area contributed by atoms with E-state index in [2.05, 4.69) is 48.1 Å². The molecule has 0 fully saturated rings. The van der Waals surface area contributed by atoms with Crippen LogP contribution in [0, 0.1) is 0 Å². The SMILES string of the molecule is CCN(CC)C(CNC(=O)c1ccc(C(=O)NCC(c2ccco2)N(CC)CC)cc1)c1ccco1. The summed E-state index contributed by atoms with van der Waals surface area (Å²) in [5.41, 5.74) is 1.00. The van der Waals surface area contributed by atoms with Crippen molar-refractivity contribution in [1.82, 2.24) is 20.4 Å². The minimum atomic E-state index is -0.190. The minimum Gasteiger partial charge on any atom is -0.468 e. The highest BCUT2D eigenvalue weighted by Gasteiger charge is 2.23. The van der Waals surface area contributed by atoms with E-state index in [1.165, 1.54) is 0 Å². The van der Waals surface area contributed by atoms with Crippen LogP contribution in [0.5, 0.6) is 0 Å². The molecule has 2 heterocycles. The molecule has 2 aromatic heterocycles. The van der Waals surface area contributed by atoms with Gasteiger partial charge in [0.2, 0.25) is 0 Å². The van der Waals surface area contributed by atoms with E-state index in [0.717, 1.165) is 37.7 Å². The maximum Gasteiger partial charge on any atom is 0.251 e. The van der Waals surface area contributed by atoms with Crippen LogP contribution in [0.15, 0.2) is 69.9 Å². The molecule has 0 aliphatic heterocycles. The highest BCUT2D eigenvalue weighted by Crippen LogP contribution is 2.21. The Hall–Kier alpha value is -3.36. The third-order valence-electron chi connectivity index (χ3n) is 6.57. The topological polar surface area (TPSA) is 91.0 Å². The first kappa shape index (κ1) is 27.2. The molecule has 2 unspecified atom stereocenters. The summed E-state index contributed by atoms with van der Waals surface area (Å²) in [5.74, 6) is 1.27. The van der Waals surface area contributed by atoms with E-state index < -0.39 is 0 Å². The number of carbonyl (C=O) groups excluding carboxylic acids is 2. The third-order valence-corrected chi connectivity index (χ3v) is 6.57. The van der Waals surface area contributed by atoms with Crippen molar-refractivity contribution >= 4 is 11.8 Å². The number of rotatable bonds is 14. The lowest BCUT2D eigenvalue weighted by molar-refractivity contribution is 0.0918. The zero-order valence-electron chi connectivity index (χ0n) is 21.7. The first-order chi connectivity index (χ1) is 17.5. The molecule has 0 aliphatic rings. The van der Waals surface area contributed by atoms with Crippen LogP contribution in [0.1, 0.15) is 72.0 Å². The summed E-state index contributed by atoms with van der Waals surface area (Å²) >= 11 is 0.